The Hall–Kier alpha value is -5.77. The van der Waals surface area contributed by atoms with E-state index in [0.29, 0.717) is 42.8 Å². The number of hydrogen-bond acceptors (Lipinski definition) is 9. The molecule has 0 fully saturated rings. The Kier molecular flexibility index (Phi) is 11.1. The van der Waals surface area contributed by atoms with Crippen LogP contribution < -0.4 is 20.9 Å². The summed E-state index contributed by atoms with van der Waals surface area (Å²) in [4.78, 5) is 29.2. The molecule has 1 aromatic carbocycles. The Labute approximate surface area is 274 Å². The summed E-state index contributed by atoms with van der Waals surface area (Å²) in [5, 5.41) is 27.8. The molecule has 4 heterocycles. The zero-order valence-corrected chi connectivity index (χ0v) is 27.0. The van der Waals surface area contributed by atoms with Crippen molar-refractivity contribution in [3.8, 4) is 17.2 Å². The molecule has 0 bridgehead atoms. The first-order valence-corrected chi connectivity index (χ1v) is 15.7. The standard InChI is InChI=1S/C34H40N12O/c1-4-9-30(12-8-16-36-33-39-21-27(18-35)32(42-33)38-23-29-15-17-44(2)43-29)46(34(47)40-19-25-10-6-5-7-11-25)31-14-13-26(20-37-31)28-22-41-45(3)24-28/h5-7,10-11,13-15,17,20-22,24,30H,4,8-9,12,16,19,23H2,1-3H3,(H,40,47)(H2,36,38,39,42)/t30-/m0/s1. The van der Waals surface area contributed by atoms with E-state index in [-0.39, 0.29) is 12.1 Å². The van der Waals surface area contributed by atoms with Crippen LogP contribution in [0.2, 0.25) is 0 Å². The molecule has 1 atom stereocenters. The molecule has 4 aromatic heterocycles. The van der Waals surface area contributed by atoms with Crippen LogP contribution in [0, 0.1) is 11.3 Å². The van der Waals surface area contributed by atoms with Crippen molar-refractivity contribution in [3.05, 3.63) is 96.3 Å². The largest absolute Gasteiger partial charge is 0.363 e. The van der Waals surface area contributed by atoms with Crippen molar-refractivity contribution < 1.29 is 4.79 Å². The molecule has 5 rings (SSSR count). The van der Waals surface area contributed by atoms with Crippen molar-refractivity contribution in [3.63, 3.8) is 0 Å². The summed E-state index contributed by atoms with van der Waals surface area (Å²) >= 11 is 0. The van der Waals surface area contributed by atoms with Gasteiger partial charge in [0.15, 0.2) is 0 Å². The predicted octanol–water partition coefficient (Wildman–Crippen LogP) is 5.27. The quantitative estimate of drug-likeness (QED) is 0.131. The summed E-state index contributed by atoms with van der Waals surface area (Å²) in [5.41, 5.74) is 4.11. The number of hydrogen-bond donors (Lipinski definition) is 3. The third kappa shape index (κ3) is 8.91. The predicted molar refractivity (Wildman–Crippen MR) is 181 cm³/mol. The number of carbonyl (C=O) groups excluding carboxylic acids is 1. The number of aryl methyl sites for hydroxylation is 2. The molecule has 13 nitrogen and oxygen atoms in total. The average molecular weight is 633 g/mol. The fraction of sp³-hybridized carbons (Fsp3) is 0.324. The van der Waals surface area contributed by atoms with E-state index in [0.717, 1.165) is 48.1 Å². The van der Waals surface area contributed by atoms with Gasteiger partial charge in [-0.1, -0.05) is 43.7 Å². The molecule has 0 unspecified atom stereocenters. The molecule has 0 aliphatic carbocycles. The topological polar surface area (TPSA) is 154 Å². The van der Waals surface area contributed by atoms with Crippen molar-refractivity contribution in [1.29, 1.82) is 5.26 Å². The molecule has 47 heavy (non-hydrogen) atoms. The van der Waals surface area contributed by atoms with Gasteiger partial charge in [-0.2, -0.15) is 20.4 Å². The van der Waals surface area contributed by atoms with Crippen LogP contribution in [0.4, 0.5) is 22.4 Å². The molecular formula is C34H40N12O. The summed E-state index contributed by atoms with van der Waals surface area (Å²) in [5.74, 6) is 1.46. The summed E-state index contributed by atoms with van der Waals surface area (Å²) < 4.78 is 3.48. The second-order valence-electron chi connectivity index (χ2n) is 11.2. The minimum absolute atomic E-state index is 0.0909. The van der Waals surface area contributed by atoms with Crippen LogP contribution in [0.25, 0.3) is 11.1 Å². The van der Waals surface area contributed by atoms with Gasteiger partial charge < -0.3 is 16.0 Å². The number of anilines is 3. The van der Waals surface area contributed by atoms with Gasteiger partial charge in [0.2, 0.25) is 5.95 Å². The number of nitriles is 1. The number of amides is 2. The number of carbonyl (C=O) groups is 1. The average Bonchev–Trinajstić information content (AvgIpc) is 3.73. The Balaban J connectivity index is 1.26. The van der Waals surface area contributed by atoms with E-state index in [4.69, 9.17) is 4.98 Å². The van der Waals surface area contributed by atoms with E-state index in [9.17, 15) is 10.1 Å². The van der Waals surface area contributed by atoms with Gasteiger partial charge in [-0.15, -0.1) is 0 Å². The van der Waals surface area contributed by atoms with Crippen molar-refractivity contribution in [2.75, 3.05) is 22.1 Å². The maximum atomic E-state index is 13.8. The second kappa shape index (κ2) is 16.0. The van der Waals surface area contributed by atoms with Crippen LogP contribution in [-0.2, 0) is 27.2 Å². The third-order valence-corrected chi connectivity index (χ3v) is 7.64. The molecule has 3 N–H and O–H groups in total. The molecule has 2 amide bonds. The Morgan fingerprint density at radius 3 is 2.49 bits per heavy atom. The first-order valence-electron chi connectivity index (χ1n) is 15.7. The van der Waals surface area contributed by atoms with E-state index in [1.54, 1.807) is 26.7 Å². The van der Waals surface area contributed by atoms with Gasteiger partial charge in [-0.3, -0.25) is 14.3 Å². The van der Waals surface area contributed by atoms with Crippen LogP contribution in [0.3, 0.4) is 0 Å². The monoisotopic (exact) mass is 632 g/mol. The number of rotatable bonds is 15. The number of nitrogens with one attached hydrogen (secondary N) is 3. The van der Waals surface area contributed by atoms with Crippen molar-refractivity contribution in [2.45, 2.75) is 51.7 Å². The van der Waals surface area contributed by atoms with E-state index in [1.807, 2.05) is 75.0 Å². The molecule has 0 spiro atoms. The molecule has 5 aromatic rings. The Morgan fingerprint density at radius 2 is 1.81 bits per heavy atom. The van der Waals surface area contributed by atoms with Gasteiger partial charge in [-0.05, 0) is 43.0 Å². The van der Waals surface area contributed by atoms with Crippen molar-refractivity contribution in [2.24, 2.45) is 14.1 Å². The minimum Gasteiger partial charge on any atom is -0.363 e. The maximum absolute atomic E-state index is 13.8. The fourth-order valence-corrected chi connectivity index (χ4v) is 5.27. The minimum atomic E-state index is -0.194. The van der Waals surface area contributed by atoms with Crippen LogP contribution in [0.1, 0.15) is 49.4 Å². The number of nitrogens with zero attached hydrogens (tertiary/aromatic N) is 9. The lowest BCUT2D eigenvalue weighted by Crippen LogP contribution is -2.47. The fourth-order valence-electron chi connectivity index (χ4n) is 5.27. The van der Waals surface area contributed by atoms with Crippen molar-refractivity contribution in [1.82, 2.24) is 39.8 Å². The number of urea groups is 1. The highest BCUT2D eigenvalue weighted by molar-refractivity contribution is 5.91. The maximum Gasteiger partial charge on any atom is 0.323 e. The molecular weight excluding hydrogens is 592 g/mol. The summed E-state index contributed by atoms with van der Waals surface area (Å²) in [6.07, 6.45) is 12.1. The lowest BCUT2D eigenvalue weighted by molar-refractivity contribution is 0.242. The van der Waals surface area contributed by atoms with E-state index < -0.39 is 0 Å². The lowest BCUT2D eigenvalue weighted by Gasteiger charge is -2.31. The molecule has 0 aliphatic heterocycles. The highest BCUT2D eigenvalue weighted by atomic mass is 16.2. The van der Waals surface area contributed by atoms with E-state index in [2.05, 4.69) is 49.1 Å². The smallest absolute Gasteiger partial charge is 0.323 e. The van der Waals surface area contributed by atoms with Gasteiger partial charge in [0.05, 0.1) is 24.6 Å². The second-order valence-corrected chi connectivity index (χ2v) is 11.2. The first-order chi connectivity index (χ1) is 22.9. The van der Waals surface area contributed by atoms with Gasteiger partial charge in [0, 0.05) is 62.9 Å². The first kappa shape index (κ1) is 32.6. The van der Waals surface area contributed by atoms with Crippen molar-refractivity contribution >= 4 is 23.6 Å². The lowest BCUT2D eigenvalue weighted by atomic mass is 10.0. The number of pyridine rings is 1. The highest BCUT2D eigenvalue weighted by Crippen LogP contribution is 2.25. The zero-order valence-electron chi connectivity index (χ0n) is 27.0. The van der Waals surface area contributed by atoms with Crippen LogP contribution in [0.5, 0.6) is 0 Å². The molecule has 0 saturated carbocycles. The van der Waals surface area contributed by atoms with Crippen LogP contribution in [0.15, 0.2) is 79.5 Å². The molecule has 242 valence electrons. The summed E-state index contributed by atoms with van der Waals surface area (Å²) in [6.45, 7) is 3.55. The van der Waals surface area contributed by atoms with Gasteiger partial charge in [0.1, 0.15) is 23.3 Å². The number of aromatic nitrogens is 7. The summed E-state index contributed by atoms with van der Waals surface area (Å²) in [6, 6.07) is 17.5. The third-order valence-electron chi connectivity index (χ3n) is 7.64. The SMILES string of the molecule is CCC[C@@H](CCCNc1ncc(C#N)c(NCc2ccn(C)n2)n1)N(C(=O)NCc1ccccc1)c1ccc(-c2cnn(C)c2)cn1. The Bertz CT molecular complexity index is 1770. The molecule has 13 heteroatoms. The molecule has 0 saturated heterocycles. The molecule has 0 aliphatic rings. The zero-order chi connectivity index (χ0) is 33.0. The Morgan fingerprint density at radius 1 is 0.957 bits per heavy atom. The van der Waals surface area contributed by atoms with Crippen LogP contribution >= 0.6 is 0 Å². The van der Waals surface area contributed by atoms with Crippen LogP contribution in [-0.4, -0.2) is 53.1 Å². The summed E-state index contributed by atoms with van der Waals surface area (Å²) in [7, 11) is 3.73. The molecule has 0 radical (unpaired) electrons. The van der Waals surface area contributed by atoms with Gasteiger partial charge >= 0.3 is 6.03 Å². The normalized spacial score (nSPS) is 11.4. The number of benzene rings is 1. The van der Waals surface area contributed by atoms with E-state index in [1.165, 1.54) is 6.20 Å². The van der Waals surface area contributed by atoms with Gasteiger partial charge in [0.25, 0.3) is 0 Å². The van der Waals surface area contributed by atoms with Gasteiger partial charge in [-0.25, -0.2) is 14.8 Å². The highest BCUT2D eigenvalue weighted by Gasteiger charge is 2.26. The van der Waals surface area contributed by atoms with E-state index >= 15 is 0 Å².